The Balaban J connectivity index is 2.14. The molecule has 2 rings (SSSR count). The van der Waals surface area contributed by atoms with Gasteiger partial charge >= 0.3 is 0 Å². The Morgan fingerprint density at radius 3 is 2.69 bits per heavy atom. The lowest BCUT2D eigenvalue weighted by atomic mass is 10.1. The highest BCUT2D eigenvalue weighted by molar-refractivity contribution is 7.80. The number of anilines is 1. The van der Waals surface area contributed by atoms with Crippen LogP contribution >= 0.6 is 12.6 Å². The van der Waals surface area contributed by atoms with Crippen LogP contribution < -0.4 is 10.6 Å². The van der Waals surface area contributed by atoms with E-state index in [-0.39, 0.29) is 6.04 Å². The lowest BCUT2D eigenvalue weighted by Gasteiger charge is -2.29. The normalized spacial score (nSPS) is 18.5. The molecule has 1 fully saturated rings. The van der Waals surface area contributed by atoms with E-state index in [4.69, 9.17) is 5.73 Å². The Morgan fingerprint density at radius 1 is 1.25 bits per heavy atom. The van der Waals surface area contributed by atoms with E-state index >= 15 is 0 Å². The summed E-state index contributed by atoms with van der Waals surface area (Å²) >= 11 is 4.25. The molecule has 0 aliphatic carbocycles. The van der Waals surface area contributed by atoms with E-state index in [0.29, 0.717) is 5.75 Å². The molecule has 2 nitrogen and oxygen atoms in total. The Hall–Kier alpha value is -0.670. The summed E-state index contributed by atoms with van der Waals surface area (Å²) in [6.07, 6.45) is 3.98. The van der Waals surface area contributed by atoms with Gasteiger partial charge in [-0.15, -0.1) is 0 Å². The summed E-state index contributed by atoms with van der Waals surface area (Å²) in [5, 5.41) is 0. The van der Waals surface area contributed by atoms with E-state index in [1.54, 1.807) is 0 Å². The summed E-state index contributed by atoms with van der Waals surface area (Å²) in [5.41, 5.74) is 8.50. The molecule has 1 unspecified atom stereocenters. The third kappa shape index (κ3) is 2.71. The summed E-state index contributed by atoms with van der Waals surface area (Å²) in [6.45, 7) is 2.36. The standard InChI is InChI=1S/C13H20N2S/c14-13(10-16)11-5-4-6-12(9-11)15-7-2-1-3-8-15/h4-6,9,13,16H,1-3,7-8,10,14H2. The summed E-state index contributed by atoms with van der Waals surface area (Å²) in [7, 11) is 0. The number of benzene rings is 1. The molecule has 0 radical (unpaired) electrons. The molecule has 0 aromatic heterocycles. The predicted octanol–water partition coefficient (Wildman–Crippen LogP) is 2.61. The second-order valence-corrected chi connectivity index (χ2v) is 4.80. The molecule has 16 heavy (non-hydrogen) atoms. The summed E-state index contributed by atoms with van der Waals surface area (Å²) < 4.78 is 0. The number of piperidine rings is 1. The highest BCUT2D eigenvalue weighted by Crippen LogP contribution is 2.23. The fraction of sp³-hybridized carbons (Fsp3) is 0.538. The first-order chi connectivity index (χ1) is 7.81. The molecule has 2 N–H and O–H groups in total. The average Bonchev–Trinajstić information content (AvgIpc) is 2.39. The molecule has 1 aromatic rings. The number of hydrogen-bond donors (Lipinski definition) is 2. The average molecular weight is 236 g/mol. The Morgan fingerprint density at radius 2 is 2.00 bits per heavy atom. The van der Waals surface area contributed by atoms with Crippen molar-refractivity contribution in [3.05, 3.63) is 29.8 Å². The van der Waals surface area contributed by atoms with Gasteiger partial charge in [0, 0.05) is 30.6 Å². The molecule has 88 valence electrons. The number of thiol groups is 1. The zero-order chi connectivity index (χ0) is 11.4. The van der Waals surface area contributed by atoms with Gasteiger partial charge in [-0.1, -0.05) is 12.1 Å². The minimum absolute atomic E-state index is 0.0491. The van der Waals surface area contributed by atoms with Crippen molar-refractivity contribution >= 4 is 18.3 Å². The van der Waals surface area contributed by atoms with Gasteiger partial charge in [-0.2, -0.15) is 12.6 Å². The number of nitrogens with zero attached hydrogens (tertiary/aromatic N) is 1. The van der Waals surface area contributed by atoms with Gasteiger partial charge < -0.3 is 10.6 Å². The zero-order valence-electron chi connectivity index (χ0n) is 9.60. The third-order valence-corrected chi connectivity index (χ3v) is 3.61. The second-order valence-electron chi connectivity index (χ2n) is 4.43. The fourth-order valence-corrected chi connectivity index (χ4v) is 2.42. The SMILES string of the molecule is NC(CS)c1cccc(N2CCCCC2)c1. The minimum Gasteiger partial charge on any atom is -0.372 e. The fourth-order valence-electron chi connectivity index (χ4n) is 2.21. The minimum atomic E-state index is 0.0491. The topological polar surface area (TPSA) is 29.3 Å². The lowest BCUT2D eigenvalue weighted by molar-refractivity contribution is 0.577. The number of rotatable bonds is 3. The van der Waals surface area contributed by atoms with Crippen molar-refractivity contribution in [3.8, 4) is 0 Å². The van der Waals surface area contributed by atoms with Crippen LogP contribution in [-0.4, -0.2) is 18.8 Å². The maximum absolute atomic E-state index is 6.00. The first kappa shape index (κ1) is 11.8. The second kappa shape index (κ2) is 5.60. The molecule has 0 bridgehead atoms. The van der Waals surface area contributed by atoms with Crippen LogP contribution in [0.1, 0.15) is 30.9 Å². The highest BCUT2D eigenvalue weighted by Gasteiger charge is 2.12. The van der Waals surface area contributed by atoms with Crippen molar-refractivity contribution in [3.63, 3.8) is 0 Å². The van der Waals surface area contributed by atoms with Gasteiger partial charge in [0.05, 0.1) is 0 Å². The van der Waals surface area contributed by atoms with E-state index in [1.165, 1.54) is 43.6 Å². The predicted molar refractivity (Wildman–Crippen MR) is 73.3 cm³/mol. The number of hydrogen-bond acceptors (Lipinski definition) is 3. The summed E-state index contributed by atoms with van der Waals surface area (Å²) in [5.74, 6) is 0.698. The largest absolute Gasteiger partial charge is 0.372 e. The molecule has 0 spiro atoms. The van der Waals surface area contributed by atoms with Crippen LogP contribution in [0.5, 0.6) is 0 Å². The van der Waals surface area contributed by atoms with Gasteiger partial charge in [-0.05, 0) is 37.0 Å². The van der Waals surface area contributed by atoms with Crippen molar-refractivity contribution in [2.75, 3.05) is 23.7 Å². The van der Waals surface area contributed by atoms with E-state index in [2.05, 4.69) is 41.8 Å². The molecule has 1 aromatic carbocycles. The van der Waals surface area contributed by atoms with Crippen LogP contribution in [0.4, 0.5) is 5.69 Å². The Bertz CT molecular complexity index is 334. The van der Waals surface area contributed by atoms with Crippen LogP contribution in [0.25, 0.3) is 0 Å². The smallest absolute Gasteiger partial charge is 0.0385 e. The third-order valence-electron chi connectivity index (χ3n) is 3.22. The first-order valence-corrected chi connectivity index (χ1v) is 6.66. The van der Waals surface area contributed by atoms with Crippen molar-refractivity contribution in [2.24, 2.45) is 5.73 Å². The van der Waals surface area contributed by atoms with Gasteiger partial charge in [0.15, 0.2) is 0 Å². The van der Waals surface area contributed by atoms with E-state index in [0.717, 1.165) is 0 Å². The van der Waals surface area contributed by atoms with E-state index in [9.17, 15) is 0 Å². The van der Waals surface area contributed by atoms with Gasteiger partial charge in [-0.25, -0.2) is 0 Å². The maximum atomic E-state index is 6.00. The van der Waals surface area contributed by atoms with Crippen LogP contribution in [0.2, 0.25) is 0 Å². The summed E-state index contributed by atoms with van der Waals surface area (Å²) in [4.78, 5) is 2.46. The first-order valence-electron chi connectivity index (χ1n) is 6.02. The van der Waals surface area contributed by atoms with Crippen LogP contribution in [-0.2, 0) is 0 Å². The molecule has 1 aliphatic rings. The molecular formula is C13H20N2S. The van der Waals surface area contributed by atoms with Gasteiger partial charge in [-0.3, -0.25) is 0 Å². The zero-order valence-corrected chi connectivity index (χ0v) is 10.5. The quantitative estimate of drug-likeness (QED) is 0.790. The van der Waals surface area contributed by atoms with Crippen LogP contribution in [0, 0.1) is 0 Å². The van der Waals surface area contributed by atoms with Gasteiger partial charge in [0.1, 0.15) is 0 Å². The molecule has 1 heterocycles. The maximum Gasteiger partial charge on any atom is 0.0385 e. The molecule has 1 saturated heterocycles. The Labute approximate surface area is 103 Å². The lowest BCUT2D eigenvalue weighted by Crippen LogP contribution is -2.29. The molecular weight excluding hydrogens is 216 g/mol. The molecule has 3 heteroatoms. The van der Waals surface area contributed by atoms with E-state index < -0.39 is 0 Å². The molecule has 0 saturated carbocycles. The van der Waals surface area contributed by atoms with Crippen molar-refractivity contribution < 1.29 is 0 Å². The van der Waals surface area contributed by atoms with Gasteiger partial charge in [0.25, 0.3) is 0 Å². The highest BCUT2D eigenvalue weighted by atomic mass is 32.1. The van der Waals surface area contributed by atoms with Crippen molar-refractivity contribution in [2.45, 2.75) is 25.3 Å². The van der Waals surface area contributed by atoms with Crippen molar-refractivity contribution in [1.82, 2.24) is 0 Å². The monoisotopic (exact) mass is 236 g/mol. The van der Waals surface area contributed by atoms with Gasteiger partial charge in [0.2, 0.25) is 0 Å². The summed E-state index contributed by atoms with van der Waals surface area (Å²) in [6, 6.07) is 8.64. The van der Waals surface area contributed by atoms with Crippen molar-refractivity contribution in [1.29, 1.82) is 0 Å². The molecule has 1 aliphatic heterocycles. The molecule has 1 atom stereocenters. The van der Waals surface area contributed by atoms with Crippen LogP contribution in [0.3, 0.4) is 0 Å². The Kier molecular flexibility index (Phi) is 4.13. The molecule has 0 amide bonds. The van der Waals surface area contributed by atoms with E-state index in [1.807, 2.05) is 0 Å². The number of nitrogens with two attached hydrogens (primary N) is 1. The van der Waals surface area contributed by atoms with Crippen LogP contribution in [0.15, 0.2) is 24.3 Å².